The lowest BCUT2D eigenvalue weighted by Crippen LogP contribution is -1.97. The lowest BCUT2D eigenvalue weighted by molar-refractivity contribution is 0.407. The van der Waals surface area contributed by atoms with Crippen LogP contribution >= 0.6 is 15.9 Å². The minimum atomic E-state index is 0.367. The molecule has 0 aliphatic carbocycles. The van der Waals surface area contributed by atoms with Gasteiger partial charge in [0.15, 0.2) is 0 Å². The molecule has 0 aromatic heterocycles. The zero-order valence-electron chi connectivity index (χ0n) is 8.52. The standard InChI is InChI=1S/C11H12BrNO/c1-7-6-8(2)11(14-3)9(4-5-13)10(7)12/h6H,4H2,1-3H3. The summed E-state index contributed by atoms with van der Waals surface area (Å²) in [7, 11) is 1.63. The zero-order valence-corrected chi connectivity index (χ0v) is 10.1. The number of hydrogen-bond acceptors (Lipinski definition) is 2. The molecule has 0 N–H and O–H groups in total. The maximum absolute atomic E-state index is 8.72. The molecule has 0 atom stereocenters. The summed E-state index contributed by atoms with van der Waals surface area (Å²) >= 11 is 3.48. The van der Waals surface area contributed by atoms with Crippen LogP contribution in [0.2, 0.25) is 0 Å². The number of methoxy groups -OCH3 is 1. The second-order valence-corrected chi connectivity index (χ2v) is 3.96. The molecule has 0 radical (unpaired) electrons. The maximum atomic E-state index is 8.72. The monoisotopic (exact) mass is 253 g/mol. The minimum Gasteiger partial charge on any atom is -0.496 e. The number of rotatable bonds is 2. The van der Waals surface area contributed by atoms with E-state index in [4.69, 9.17) is 10.00 Å². The third-order valence-corrected chi connectivity index (χ3v) is 3.24. The third-order valence-electron chi connectivity index (χ3n) is 2.14. The smallest absolute Gasteiger partial charge is 0.127 e. The van der Waals surface area contributed by atoms with Crippen LogP contribution in [0.4, 0.5) is 0 Å². The van der Waals surface area contributed by atoms with Crippen molar-refractivity contribution in [3.05, 3.63) is 27.2 Å². The van der Waals surface area contributed by atoms with Crippen LogP contribution in [0.5, 0.6) is 5.75 Å². The van der Waals surface area contributed by atoms with Crippen LogP contribution in [0.3, 0.4) is 0 Å². The van der Waals surface area contributed by atoms with E-state index in [9.17, 15) is 0 Å². The molecular weight excluding hydrogens is 242 g/mol. The third kappa shape index (κ3) is 1.91. The molecule has 0 heterocycles. The van der Waals surface area contributed by atoms with E-state index in [1.165, 1.54) is 0 Å². The van der Waals surface area contributed by atoms with E-state index in [1.54, 1.807) is 7.11 Å². The first-order valence-corrected chi connectivity index (χ1v) is 5.10. The highest BCUT2D eigenvalue weighted by Crippen LogP contribution is 2.33. The lowest BCUT2D eigenvalue weighted by Gasteiger charge is -2.13. The highest BCUT2D eigenvalue weighted by molar-refractivity contribution is 9.10. The molecule has 3 heteroatoms. The van der Waals surface area contributed by atoms with Crippen molar-refractivity contribution < 1.29 is 4.74 Å². The number of halogens is 1. The number of aryl methyl sites for hydroxylation is 2. The average Bonchev–Trinajstić information content (AvgIpc) is 2.14. The molecule has 0 aliphatic rings. The van der Waals surface area contributed by atoms with Crippen LogP contribution in [0.25, 0.3) is 0 Å². The Balaban J connectivity index is 3.41. The van der Waals surface area contributed by atoms with Crippen molar-refractivity contribution in [2.45, 2.75) is 20.3 Å². The predicted molar refractivity (Wildman–Crippen MR) is 59.5 cm³/mol. The molecule has 0 saturated heterocycles. The van der Waals surface area contributed by atoms with Crippen molar-refractivity contribution in [3.8, 4) is 11.8 Å². The van der Waals surface area contributed by atoms with Crippen LogP contribution in [0.15, 0.2) is 10.5 Å². The summed E-state index contributed by atoms with van der Waals surface area (Å²) in [5.74, 6) is 0.809. The van der Waals surface area contributed by atoms with Crippen molar-refractivity contribution in [1.82, 2.24) is 0 Å². The van der Waals surface area contributed by atoms with Crippen LogP contribution in [0.1, 0.15) is 16.7 Å². The number of benzene rings is 1. The van der Waals surface area contributed by atoms with Gasteiger partial charge < -0.3 is 4.74 Å². The van der Waals surface area contributed by atoms with Crippen molar-refractivity contribution in [2.24, 2.45) is 0 Å². The minimum absolute atomic E-state index is 0.367. The van der Waals surface area contributed by atoms with E-state index < -0.39 is 0 Å². The normalized spacial score (nSPS) is 9.64. The first kappa shape index (κ1) is 11.1. The van der Waals surface area contributed by atoms with Gasteiger partial charge in [-0.3, -0.25) is 0 Å². The molecule has 1 aromatic rings. The molecule has 74 valence electrons. The van der Waals surface area contributed by atoms with Gasteiger partial charge in [0.05, 0.1) is 19.6 Å². The molecule has 0 aliphatic heterocycles. The fourth-order valence-electron chi connectivity index (χ4n) is 1.55. The van der Waals surface area contributed by atoms with Crippen molar-refractivity contribution in [3.63, 3.8) is 0 Å². The summed E-state index contributed by atoms with van der Waals surface area (Å²) in [6.45, 7) is 4.00. The van der Waals surface area contributed by atoms with Crippen LogP contribution < -0.4 is 4.74 Å². The Morgan fingerprint density at radius 1 is 1.43 bits per heavy atom. The molecule has 0 fully saturated rings. The molecule has 0 bridgehead atoms. The second kappa shape index (κ2) is 4.47. The van der Waals surface area contributed by atoms with Gasteiger partial charge in [-0.1, -0.05) is 22.0 Å². The average molecular weight is 254 g/mol. The van der Waals surface area contributed by atoms with Gasteiger partial charge in [-0.15, -0.1) is 0 Å². The van der Waals surface area contributed by atoms with Crippen LogP contribution in [0, 0.1) is 25.2 Å². The van der Waals surface area contributed by atoms with Gasteiger partial charge in [0.25, 0.3) is 0 Å². The van der Waals surface area contributed by atoms with E-state index in [2.05, 4.69) is 22.0 Å². The van der Waals surface area contributed by atoms with Gasteiger partial charge in [0, 0.05) is 10.0 Å². The lowest BCUT2D eigenvalue weighted by atomic mass is 10.0. The fourth-order valence-corrected chi connectivity index (χ4v) is 1.99. The molecule has 0 saturated carbocycles. The molecular formula is C11H12BrNO. The number of nitriles is 1. The van der Waals surface area contributed by atoms with Crippen molar-refractivity contribution in [2.75, 3.05) is 7.11 Å². The van der Waals surface area contributed by atoms with E-state index in [0.29, 0.717) is 6.42 Å². The molecule has 0 unspecified atom stereocenters. The maximum Gasteiger partial charge on any atom is 0.127 e. The summed E-state index contributed by atoms with van der Waals surface area (Å²) < 4.78 is 6.26. The highest BCUT2D eigenvalue weighted by Gasteiger charge is 2.12. The molecule has 2 nitrogen and oxygen atoms in total. The van der Waals surface area contributed by atoms with Crippen molar-refractivity contribution in [1.29, 1.82) is 5.26 Å². The summed E-state index contributed by atoms with van der Waals surface area (Å²) in [6, 6.07) is 4.19. The summed E-state index contributed by atoms with van der Waals surface area (Å²) in [6.07, 6.45) is 0.367. The molecule has 1 rings (SSSR count). The fraction of sp³-hybridized carbons (Fsp3) is 0.364. The van der Waals surface area contributed by atoms with E-state index in [0.717, 1.165) is 26.9 Å². The Labute approximate surface area is 92.6 Å². The van der Waals surface area contributed by atoms with Gasteiger partial charge in [0.2, 0.25) is 0 Å². The predicted octanol–water partition coefficient (Wildman–Crippen LogP) is 3.14. The van der Waals surface area contributed by atoms with Gasteiger partial charge in [-0.2, -0.15) is 5.26 Å². The summed E-state index contributed by atoms with van der Waals surface area (Å²) in [5.41, 5.74) is 3.14. The van der Waals surface area contributed by atoms with E-state index in [1.807, 2.05) is 19.9 Å². The Morgan fingerprint density at radius 3 is 2.57 bits per heavy atom. The van der Waals surface area contributed by atoms with Crippen molar-refractivity contribution >= 4 is 15.9 Å². The quantitative estimate of drug-likeness (QED) is 0.812. The first-order valence-electron chi connectivity index (χ1n) is 4.31. The number of nitrogens with zero attached hydrogens (tertiary/aromatic N) is 1. The van der Waals surface area contributed by atoms with Gasteiger partial charge >= 0.3 is 0 Å². The Kier molecular flexibility index (Phi) is 3.54. The summed E-state index contributed by atoms with van der Waals surface area (Å²) in [5, 5.41) is 8.72. The summed E-state index contributed by atoms with van der Waals surface area (Å²) in [4.78, 5) is 0. The van der Waals surface area contributed by atoms with Gasteiger partial charge in [-0.05, 0) is 25.0 Å². The number of hydrogen-bond donors (Lipinski definition) is 0. The Hall–Kier alpha value is -1.01. The Bertz CT molecular complexity index is 393. The van der Waals surface area contributed by atoms with E-state index in [-0.39, 0.29) is 0 Å². The van der Waals surface area contributed by atoms with Gasteiger partial charge in [0.1, 0.15) is 5.75 Å². The van der Waals surface area contributed by atoms with E-state index >= 15 is 0 Å². The zero-order chi connectivity index (χ0) is 10.7. The highest BCUT2D eigenvalue weighted by atomic mass is 79.9. The molecule has 0 amide bonds. The molecule has 0 spiro atoms. The largest absolute Gasteiger partial charge is 0.496 e. The van der Waals surface area contributed by atoms with Crippen LogP contribution in [-0.4, -0.2) is 7.11 Å². The molecule has 14 heavy (non-hydrogen) atoms. The first-order chi connectivity index (χ1) is 6.61. The molecule has 1 aromatic carbocycles. The Morgan fingerprint density at radius 2 is 2.07 bits per heavy atom. The number of ether oxygens (including phenoxy) is 1. The SMILES string of the molecule is COc1c(C)cc(C)c(Br)c1CC#N. The van der Waals surface area contributed by atoms with Crippen LogP contribution in [-0.2, 0) is 6.42 Å². The topological polar surface area (TPSA) is 33.0 Å². The second-order valence-electron chi connectivity index (χ2n) is 3.17. The van der Waals surface area contributed by atoms with Gasteiger partial charge in [-0.25, -0.2) is 0 Å².